The van der Waals surface area contributed by atoms with Gasteiger partial charge in [-0.05, 0) is 18.8 Å². The molecule has 0 aromatic carbocycles. The normalized spacial score (nSPS) is 14.4. The highest BCUT2D eigenvalue weighted by Crippen LogP contribution is 2.30. The molecule has 8 heteroatoms. The van der Waals surface area contributed by atoms with Gasteiger partial charge in [0.05, 0.1) is 11.2 Å². The number of aromatic nitrogens is 5. The van der Waals surface area contributed by atoms with Gasteiger partial charge in [-0.2, -0.15) is 5.10 Å². The summed E-state index contributed by atoms with van der Waals surface area (Å²) in [6.45, 7) is 1.24. The van der Waals surface area contributed by atoms with Crippen LogP contribution in [0.15, 0.2) is 17.3 Å². The topological polar surface area (TPSA) is 77.6 Å². The minimum atomic E-state index is -0.160. The predicted octanol–water partition coefficient (Wildman–Crippen LogP) is 1.09. The number of halogens is 1. The summed E-state index contributed by atoms with van der Waals surface area (Å²) in [5.74, 6) is 1.44. The molecule has 0 spiro atoms. The highest BCUT2D eigenvalue weighted by Gasteiger charge is 2.23. The Balaban J connectivity index is 1.69. The Kier molecular flexibility index (Phi) is 3.92. The van der Waals surface area contributed by atoms with E-state index >= 15 is 0 Å². The Morgan fingerprint density at radius 3 is 2.95 bits per heavy atom. The molecule has 1 saturated carbocycles. The third-order valence-corrected chi connectivity index (χ3v) is 3.87. The van der Waals surface area contributed by atoms with Crippen molar-refractivity contribution in [3.63, 3.8) is 0 Å². The van der Waals surface area contributed by atoms with E-state index in [4.69, 9.17) is 11.6 Å². The fourth-order valence-corrected chi connectivity index (χ4v) is 2.33. The Labute approximate surface area is 126 Å². The van der Waals surface area contributed by atoms with Crippen LogP contribution >= 0.6 is 11.6 Å². The summed E-state index contributed by atoms with van der Waals surface area (Å²) >= 11 is 6.07. The summed E-state index contributed by atoms with van der Waals surface area (Å²) in [6, 6.07) is 0. The molecule has 2 aromatic rings. The van der Waals surface area contributed by atoms with Crippen LogP contribution in [-0.2, 0) is 20.0 Å². The molecule has 2 aromatic heterocycles. The van der Waals surface area contributed by atoms with E-state index in [1.807, 2.05) is 11.6 Å². The van der Waals surface area contributed by atoms with E-state index in [1.165, 1.54) is 23.7 Å². The Hall–Kier alpha value is -1.89. The quantitative estimate of drug-likeness (QED) is 0.864. The number of nitrogens with zero attached hydrogens (tertiary/aromatic N) is 5. The van der Waals surface area contributed by atoms with Crippen molar-refractivity contribution >= 4 is 17.3 Å². The lowest BCUT2D eigenvalue weighted by Crippen LogP contribution is -2.27. The van der Waals surface area contributed by atoms with E-state index in [0.29, 0.717) is 36.1 Å². The van der Waals surface area contributed by atoms with Gasteiger partial charge in [0.15, 0.2) is 0 Å². The van der Waals surface area contributed by atoms with Gasteiger partial charge in [-0.1, -0.05) is 11.6 Å². The molecule has 7 nitrogen and oxygen atoms in total. The molecule has 1 fully saturated rings. The summed E-state index contributed by atoms with van der Waals surface area (Å²) in [4.78, 5) is 12.3. The van der Waals surface area contributed by atoms with Crippen LogP contribution < -0.4 is 10.9 Å². The average molecular weight is 309 g/mol. The maximum absolute atomic E-state index is 12.3. The number of hydrogen-bond donors (Lipinski definition) is 1. The van der Waals surface area contributed by atoms with Crippen molar-refractivity contribution in [1.82, 2.24) is 24.5 Å². The molecular weight excluding hydrogens is 292 g/mol. The number of nitrogens with one attached hydrogen (secondary N) is 1. The number of aryl methyl sites for hydroxylation is 1. The van der Waals surface area contributed by atoms with Gasteiger partial charge >= 0.3 is 0 Å². The molecule has 0 amide bonds. The molecule has 0 radical (unpaired) electrons. The largest absolute Gasteiger partial charge is 0.379 e. The van der Waals surface area contributed by atoms with Crippen molar-refractivity contribution in [3.05, 3.63) is 33.7 Å². The Bertz CT molecular complexity index is 690. The van der Waals surface area contributed by atoms with E-state index in [1.54, 1.807) is 6.33 Å². The zero-order valence-electron chi connectivity index (χ0n) is 11.8. The Morgan fingerprint density at radius 2 is 2.29 bits per heavy atom. The van der Waals surface area contributed by atoms with Crippen molar-refractivity contribution in [2.75, 3.05) is 11.9 Å². The first-order chi connectivity index (χ1) is 10.1. The monoisotopic (exact) mass is 308 g/mol. The summed E-state index contributed by atoms with van der Waals surface area (Å²) in [6.07, 6.45) is 6.18. The summed E-state index contributed by atoms with van der Waals surface area (Å²) < 4.78 is 3.34. The van der Waals surface area contributed by atoms with Crippen molar-refractivity contribution in [2.45, 2.75) is 25.8 Å². The standard InChI is InChI=1S/C13H17ClN6O/c1-19-8-16-18-11(19)4-5-15-12-10(14)6-17-20(13(12)21)7-9-2-3-9/h6,8-9,15H,2-5,7H2,1H3. The van der Waals surface area contributed by atoms with E-state index in [0.717, 1.165) is 5.82 Å². The van der Waals surface area contributed by atoms with E-state index in [9.17, 15) is 4.79 Å². The molecule has 0 bridgehead atoms. The highest BCUT2D eigenvalue weighted by atomic mass is 35.5. The minimum Gasteiger partial charge on any atom is -0.379 e. The fourth-order valence-electron chi connectivity index (χ4n) is 2.14. The number of hydrogen-bond acceptors (Lipinski definition) is 5. The zero-order chi connectivity index (χ0) is 14.8. The number of rotatable bonds is 6. The fraction of sp³-hybridized carbons (Fsp3) is 0.538. The molecule has 1 aliphatic carbocycles. The molecule has 0 atom stereocenters. The molecule has 21 heavy (non-hydrogen) atoms. The van der Waals surface area contributed by atoms with Crippen LogP contribution in [0.5, 0.6) is 0 Å². The second-order valence-electron chi connectivity index (χ2n) is 5.33. The molecule has 2 heterocycles. The minimum absolute atomic E-state index is 0.160. The lowest BCUT2D eigenvalue weighted by atomic mass is 10.3. The van der Waals surface area contributed by atoms with Gasteiger partial charge in [-0.25, -0.2) is 4.68 Å². The van der Waals surface area contributed by atoms with Crippen molar-refractivity contribution in [1.29, 1.82) is 0 Å². The molecule has 112 valence electrons. The molecule has 0 saturated heterocycles. The first-order valence-electron chi connectivity index (χ1n) is 6.97. The van der Waals surface area contributed by atoms with Gasteiger partial charge in [0.2, 0.25) is 0 Å². The van der Waals surface area contributed by atoms with Crippen LogP contribution in [-0.4, -0.2) is 31.1 Å². The number of anilines is 1. The van der Waals surface area contributed by atoms with Crippen LogP contribution in [0.3, 0.4) is 0 Å². The smallest absolute Gasteiger partial charge is 0.291 e. The SMILES string of the molecule is Cn1cnnc1CCNc1c(Cl)cnn(CC2CC2)c1=O. The lowest BCUT2D eigenvalue weighted by Gasteiger charge is -2.10. The van der Waals surface area contributed by atoms with Crippen molar-refractivity contribution < 1.29 is 0 Å². The molecule has 1 aliphatic rings. The second-order valence-corrected chi connectivity index (χ2v) is 5.74. The summed E-state index contributed by atoms with van der Waals surface area (Å²) in [5, 5.41) is 15.4. The third kappa shape index (κ3) is 3.24. The first-order valence-corrected chi connectivity index (χ1v) is 7.35. The predicted molar refractivity (Wildman–Crippen MR) is 79.4 cm³/mol. The van der Waals surface area contributed by atoms with Gasteiger partial charge in [0, 0.05) is 26.6 Å². The Morgan fingerprint density at radius 1 is 1.48 bits per heavy atom. The third-order valence-electron chi connectivity index (χ3n) is 3.58. The van der Waals surface area contributed by atoms with E-state index < -0.39 is 0 Å². The van der Waals surface area contributed by atoms with Crippen LogP contribution in [0.1, 0.15) is 18.7 Å². The van der Waals surface area contributed by atoms with Crippen LogP contribution in [0, 0.1) is 5.92 Å². The van der Waals surface area contributed by atoms with Crippen LogP contribution in [0.2, 0.25) is 5.02 Å². The van der Waals surface area contributed by atoms with Crippen molar-refractivity contribution in [3.8, 4) is 0 Å². The maximum Gasteiger partial charge on any atom is 0.291 e. The molecule has 0 aliphatic heterocycles. The highest BCUT2D eigenvalue weighted by molar-refractivity contribution is 6.32. The first kappa shape index (κ1) is 14.1. The van der Waals surface area contributed by atoms with Crippen LogP contribution in [0.25, 0.3) is 0 Å². The molecular formula is C13H17ClN6O. The van der Waals surface area contributed by atoms with Gasteiger partial charge in [0.1, 0.15) is 17.8 Å². The van der Waals surface area contributed by atoms with E-state index in [2.05, 4.69) is 20.6 Å². The summed E-state index contributed by atoms with van der Waals surface area (Å²) in [7, 11) is 1.89. The van der Waals surface area contributed by atoms with Gasteiger partial charge in [-0.15, -0.1) is 10.2 Å². The molecule has 3 rings (SSSR count). The summed E-state index contributed by atoms with van der Waals surface area (Å²) in [5.41, 5.74) is 0.252. The molecule has 1 N–H and O–H groups in total. The lowest BCUT2D eigenvalue weighted by molar-refractivity contribution is 0.534. The van der Waals surface area contributed by atoms with Crippen molar-refractivity contribution in [2.24, 2.45) is 13.0 Å². The van der Waals surface area contributed by atoms with Gasteiger partial charge in [-0.3, -0.25) is 4.79 Å². The second kappa shape index (κ2) is 5.85. The zero-order valence-corrected chi connectivity index (χ0v) is 12.5. The van der Waals surface area contributed by atoms with Gasteiger partial charge < -0.3 is 9.88 Å². The van der Waals surface area contributed by atoms with Gasteiger partial charge in [0.25, 0.3) is 5.56 Å². The molecule has 0 unspecified atom stereocenters. The maximum atomic E-state index is 12.3. The average Bonchev–Trinajstić information content (AvgIpc) is 3.19. The van der Waals surface area contributed by atoms with E-state index in [-0.39, 0.29) is 5.56 Å². The van der Waals surface area contributed by atoms with Crippen LogP contribution in [0.4, 0.5) is 5.69 Å².